The van der Waals surface area contributed by atoms with Crippen molar-refractivity contribution in [1.29, 1.82) is 0 Å². The molecule has 2 aliphatic heterocycles. The van der Waals surface area contributed by atoms with Crippen LogP contribution in [0, 0.1) is 11.8 Å². The van der Waals surface area contributed by atoms with E-state index in [2.05, 4.69) is 35.2 Å². The van der Waals surface area contributed by atoms with E-state index in [1.165, 1.54) is 12.0 Å². The second kappa shape index (κ2) is 5.84. The van der Waals surface area contributed by atoms with Crippen molar-refractivity contribution in [3.63, 3.8) is 0 Å². The number of rotatable bonds is 4. The third-order valence-corrected chi connectivity index (χ3v) is 5.03. The summed E-state index contributed by atoms with van der Waals surface area (Å²) in [5.74, 6) is 0.540. The smallest absolute Gasteiger partial charge is 0.0744 e. The molecule has 0 aliphatic carbocycles. The van der Waals surface area contributed by atoms with E-state index in [4.69, 9.17) is 4.74 Å². The fourth-order valence-electron chi connectivity index (χ4n) is 3.53. The van der Waals surface area contributed by atoms with E-state index in [1.54, 1.807) is 0 Å². The van der Waals surface area contributed by atoms with Gasteiger partial charge in [-0.3, -0.25) is 0 Å². The van der Waals surface area contributed by atoms with Gasteiger partial charge in [0, 0.05) is 24.9 Å². The summed E-state index contributed by atoms with van der Waals surface area (Å²) in [5, 5.41) is 10.6. The maximum absolute atomic E-state index is 10.6. The molecule has 1 aromatic carbocycles. The summed E-state index contributed by atoms with van der Waals surface area (Å²) in [4.78, 5) is 2.51. The van der Waals surface area contributed by atoms with Crippen molar-refractivity contribution in [2.24, 2.45) is 11.8 Å². The first-order chi connectivity index (χ1) is 9.66. The van der Waals surface area contributed by atoms with Gasteiger partial charge in [-0.05, 0) is 31.9 Å². The third-order valence-electron chi connectivity index (χ3n) is 5.03. The van der Waals surface area contributed by atoms with Gasteiger partial charge in [0.2, 0.25) is 0 Å². The summed E-state index contributed by atoms with van der Waals surface area (Å²) in [6, 6.07) is 10.7. The van der Waals surface area contributed by atoms with Crippen LogP contribution >= 0.6 is 0 Å². The molecule has 2 saturated heterocycles. The van der Waals surface area contributed by atoms with Crippen LogP contribution in [-0.2, 0) is 11.2 Å². The molecule has 20 heavy (non-hydrogen) atoms. The van der Waals surface area contributed by atoms with Crippen molar-refractivity contribution in [2.45, 2.75) is 25.4 Å². The predicted octanol–water partition coefficient (Wildman–Crippen LogP) is 1.95. The van der Waals surface area contributed by atoms with Gasteiger partial charge in [-0.25, -0.2) is 0 Å². The van der Waals surface area contributed by atoms with Gasteiger partial charge in [-0.1, -0.05) is 30.3 Å². The highest BCUT2D eigenvalue weighted by Crippen LogP contribution is 2.36. The molecule has 0 saturated carbocycles. The van der Waals surface area contributed by atoms with Gasteiger partial charge >= 0.3 is 0 Å². The SMILES string of the molecule is CC1(O)C2COCC1CN(CCCc1ccccc1)C2. The molecule has 0 amide bonds. The lowest BCUT2D eigenvalue weighted by Crippen LogP contribution is -2.62. The zero-order valence-electron chi connectivity index (χ0n) is 12.3. The molecule has 2 fully saturated rings. The topological polar surface area (TPSA) is 32.7 Å². The first-order valence-electron chi connectivity index (χ1n) is 7.72. The van der Waals surface area contributed by atoms with Gasteiger partial charge in [0.1, 0.15) is 0 Å². The lowest BCUT2D eigenvalue weighted by molar-refractivity contribution is -0.181. The normalized spacial score (nSPS) is 34.1. The Bertz CT molecular complexity index is 416. The predicted molar refractivity (Wildman–Crippen MR) is 79.6 cm³/mol. The molecule has 2 aliphatic rings. The fraction of sp³-hybridized carbons (Fsp3) is 0.647. The lowest BCUT2D eigenvalue weighted by Gasteiger charge is -2.51. The zero-order valence-corrected chi connectivity index (χ0v) is 12.3. The number of aliphatic hydroxyl groups is 1. The number of hydrogen-bond acceptors (Lipinski definition) is 3. The standard InChI is InChI=1S/C17H25NO2/c1-17(19)15-10-18(11-16(17)13-20-12-15)9-5-8-14-6-3-2-4-7-14/h2-4,6-7,15-16,19H,5,8-13H2,1H3. The van der Waals surface area contributed by atoms with E-state index in [1.807, 2.05) is 6.92 Å². The number of ether oxygens (including phenoxy) is 1. The van der Waals surface area contributed by atoms with Crippen LogP contribution in [0.15, 0.2) is 30.3 Å². The van der Waals surface area contributed by atoms with Crippen LogP contribution in [-0.4, -0.2) is 48.5 Å². The molecule has 2 atom stereocenters. The summed E-state index contributed by atoms with van der Waals surface area (Å²) in [7, 11) is 0. The molecule has 110 valence electrons. The lowest BCUT2D eigenvalue weighted by atomic mass is 9.73. The Morgan fingerprint density at radius 3 is 2.50 bits per heavy atom. The maximum atomic E-state index is 10.6. The molecule has 0 aromatic heterocycles. The number of hydrogen-bond donors (Lipinski definition) is 1. The van der Waals surface area contributed by atoms with Gasteiger partial charge in [0.25, 0.3) is 0 Å². The molecule has 3 heteroatoms. The van der Waals surface area contributed by atoms with Crippen LogP contribution in [0.3, 0.4) is 0 Å². The van der Waals surface area contributed by atoms with E-state index in [0.29, 0.717) is 13.2 Å². The molecular weight excluding hydrogens is 250 g/mol. The van der Waals surface area contributed by atoms with Gasteiger partial charge in [-0.2, -0.15) is 0 Å². The Balaban J connectivity index is 1.50. The third kappa shape index (κ3) is 2.90. The van der Waals surface area contributed by atoms with Crippen molar-refractivity contribution < 1.29 is 9.84 Å². The first-order valence-corrected chi connectivity index (χ1v) is 7.72. The Morgan fingerprint density at radius 2 is 1.85 bits per heavy atom. The molecule has 2 bridgehead atoms. The van der Waals surface area contributed by atoms with Crippen LogP contribution < -0.4 is 0 Å². The van der Waals surface area contributed by atoms with Crippen molar-refractivity contribution >= 4 is 0 Å². The Hall–Kier alpha value is -0.900. The minimum absolute atomic E-state index is 0.270. The average molecular weight is 275 g/mol. The number of fused-ring (bicyclic) bond motifs is 2. The molecule has 3 rings (SSSR count). The van der Waals surface area contributed by atoms with E-state index in [0.717, 1.165) is 26.1 Å². The maximum Gasteiger partial charge on any atom is 0.0744 e. The highest BCUT2D eigenvalue weighted by atomic mass is 16.5. The van der Waals surface area contributed by atoms with E-state index in [-0.39, 0.29) is 11.8 Å². The molecule has 0 radical (unpaired) electrons. The van der Waals surface area contributed by atoms with Crippen molar-refractivity contribution in [3.8, 4) is 0 Å². The van der Waals surface area contributed by atoms with Gasteiger partial charge < -0.3 is 14.7 Å². The molecule has 1 N–H and O–H groups in total. The number of nitrogens with zero attached hydrogens (tertiary/aromatic N) is 1. The Labute approximate surface area is 121 Å². The fourth-order valence-corrected chi connectivity index (χ4v) is 3.53. The van der Waals surface area contributed by atoms with Crippen molar-refractivity contribution in [3.05, 3.63) is 35.9 Å². The van der Waals surface area contributed by atoms with Crippen LogP contribution in [0.2, 0.25) is 0 Å². The second-order valence-electron chi connectivity index (χ2n) is 6.51. The summed E-state index contributed by atoms with van der Waals surface area (Å²) < 4.78 is 5.61. The van der Waals surface area contributed by atoms with Gasteiger partial charge in [0.15, 0.2) is 0 Å². The number of benzene rings is 1. The van der Waals surface area contributed by atoms with Crippen LogP contribution in [0.5, 0.6) is 0 Å². The highest BCUT2D eigenvalue weighted by Gasteiger charge is 2.47. The Kier molecular flexibility index (Phi) is 4.11. The number of aryl methyl sites for hydroxylation is 1. The number of likely N-dealkylation sites (tertiary alicyclic amines) is 1. The van der Waals surface area contributed by atoms with E-state index in [9.17, 15) is 5.11 Å². The second-order valence-corrected chi connectivity index (χ2v) is 6.51. The largest absolute Gasteiger partial charge is 0.389 e. The van der Waals surface area contributed by atoms with Gasteiger partial charge in [0.05, 0.1) is 18.8 Å². The quantitative estimate of drug-likeness (QED) is 0.911. The van der Waals surface area contributed by atoms with Crippen LogP contribution in [0.4, 0.5) is 0 Å². The minimum atomic E-state index is -0.534. The minimum Gasteiger partial charge on any atom is -0.389 e. The highest BCUT2D eigenvalue weighted by molar-refractivity contribution is 5.14. The van der Waals surface area contributed by atoms with E-state index >= 15 is 0 Å². The van der Waals surface area contributed by atoms with Crippen LogP contribution in [0.1, 0.15) is 18.9 Å². The molecule has 2 unspecified atom stereocenters. The zero-order chi connectivity index (χ0) is 14.0. The van der Waals surface area contributed by atoms with E-state index < -0.39 is 5.60 Å². The Morgan fingerprint density at radius 1 is 1.20 bits per heavy atom. The summed E-state index contributed by atoms with van der Waals surface area (Å²) in [5.41, 5.74) is 0.883. The summed E-state index contributed by atoms with van der Waals surface area (Å²) in [6.07, 6.45) is 2.33. The summed E-state index contributed by atoms with van der Waals surface area (Å²) >= 11 is 0. The molecule has 1 aromatic rings. The van der Waals surface area contributed by atoms with Crippen LogP contribution in [0.25, 0.3) is 0 Å². The monoisotopic (exact) mass is 275 g/mol. The molecule has 2 heterocycles. The molecule has 3 nitrogen and oxygen atoms in total. The first kappa shape index (κ1) is 14.1. The molecular formula is C17H25NO2. The average Bonchev–Trinajstić information content (AvgIpc) is 2.40. The van der Waals surface area contributed by atoms with Crippen molar-refractivity contribution in [1.82, 2.24) is 4.90 Å². The summed E-state index contributed by atoms with van der Waals surface area (Å²) in [6.45, 7) is 6.47. The number of piperidine rings is 1. The van der Waals surface area contributed by atoms with Gasteiger partial charge in [-0.15, -0.1) is 0 Å². The molecule has 0 spiro atoms. The van der Waals surface area contributed by atoms with Crippen molar-refractivity contribution in [2.75, 3.05) is 32.8 Å².